The Hall–Kier alpha value is -1.80. The van der Waals surface area contributed by atoms with Crippen molar-refractivity contribution in [2.24, 2.45) is 5.73 Å². The molecule has 0 saturated heterocycles. The molecule has 0 saturated carbocycles. The first kappa shape index (κ1) is 11.3. The van der Waals surface area contributed by atoms with E-state index in [0.29, 0.717) is 0 Å². The number of para-hydroxylation sites is 1. The van der Waals surface area contributed by atoms with Gasteiger partial charge in [-0.1, -0.05) is 30.3 Å². The van der Waals surface area contributed by atoms with Gasteiger partial charge in [0.2, 0.25) is 0 Å². The molecule has 2 nitrogen and oxygen atoms in total. The second kappa shape index (κ2) is 4.83. The van der Waals surface area contributed by atoms with Crippen LogP contribution in [0.5, 0.6) is 0 Å². The molecule has 0 unspecified atom stereocenters. The number of fused-ring (bicyclic) bond motifs is 2. The number of hydrogen-bond donors (Lipinski definition) is 2. The van der Waals surface area contributed by atoms with Crippen LogP contribution in [-0.4, -0.2) is 6.54 Å². The summed E-state index contributed by atoms with van der Waals surface area (Å²) in [7, 11) is 0. The monoisotopic (exact) mass is 238 g/mol. The average molecular weight is 238 g/mol. The molecule has 2 heteroatoms. The van der Waals surface area contributed by atoms with Crippen molar-refractivity contribution >= 4 is 11.4 Å². The van der Waals surface area contributed by atoms with Gasteiger partial charge in [-0.25, -0.2) is 0 Å². The zero-order valence-electron chi connectivity index (χ0n) is 10.4. The van der Waals surface area contributed by atoms with Crippen LogP contribution in [0.1, 0.15) is 23.1 Å². The van der Waals surface area contributed by atoms with Gasteiger partial charge in [-0.05, 0) is 48.2 Å². The number of nitrogens with one attached hydrogen (secondary N) is 1. The fraction of sp³-hybridized carbons (Fsp3) is 0.250. The van der Waals surface area contributed by atoms with Crippen LogP contribution in [-0.2, 0) is 12.8 Å². The van der Waals surface area contributed by atoms with Crippen LogP contribution < -0.4 is 11.1 Å². The van der Waals surface area contributed by atoms with Crippen LogP contribution in [0.4, 0.5) is 11.4 Å². The Kier molecular flexibility index (Phi) is 3.03. The summed E-state index contributed by atoms with van der Waals surface area (Å²) in [6.45, 7) is 0.758. The molecule has 0 fully saturated rings. The third-order valence-electron chi connectivity index (χ3n) is 3.58. The largest absolute Gasteiger partial charge is 0.355 e. The zero-order chi connectivity index (χ0) is 12.4. The minimum atomic E-state index is 0.758. The molecule has 0 amide bonds. The van der Waals surface area contributed by atoms with Crippen molar-refractivity contribution in [1.29, 1.82) is 0 Å². The number of aryl methyl sites for hydroxylation is 1. The van der Waals surface area contributed by atoms with E-state index in [1.54, 1.807) is 0 Å². The van der Waals surface area contributed by atoms with E-state index in [4.69, 9.17) is 5.73 Å². The molecule has 92 valence electrons. The van der Waals surface area contributed by atoms with Gasteiger partial charge in [0.05, 0.1) is 0 Å². The lowest BCUT2D eigenvalue weighted by atomic mass is 9.91. The Labute approximate surface area is 108 Å². The van der Waals surface area contributed by atoms with Gasteiger partial charge in [-0.15, -0.1) is 0 Å². The van der Waals surface area contributed by atoms with Crippen molar-refractivity contribution in [3.05, 3.63) is 59.2 Å². The maximum absolute atomic E-state index is 5.61. The van der Waals surface area contributed by atoms with Gasteiger partial charge >= 0.3 is 0 Å². The van der Waals surface area contributed by atoms with Crippen LogP contribution in [0.3, 0.4) is 0 Å². The Morgan fingerprint density at radius 2 is 1.83 bits per heavy atom. The fourth-order valence-electron chi connectivity index (χ4n) is 2.62. The van der Waals surface area contributed by atoms with Gasteiger partial charge in [0.1, 0.15) is 0 Å². The predicted octanol–water partition coefficient (Wildman–Crippen LogP) is 3.23. The van der Waals surface area contributed by atoms with Crippen LogP contribution in [0.15, 0.2) is 42.5 Å². The molecule has 1 heterocycles. The molecule has 0 radical (unpaired) electrons. The highest BCUT2D eigenvalue weighted by Gasteiger charge is 2.16. The molecule has 0 aromatic heterocycles. The Bertz CT molecular complexity index is 561. The number of hydrogen-bond acceptors (Lipinski definition) is 2. The maximum atomic E-state index is 5.61. The van der Waals surface area contributed by atoms with Crippen LogP contribution in [0, 0.1) is 0 Å². The Morgan fingerprint density at radius 3 is 2.72 bits per heavy atom. The number of rotatable bonds is 3. The van der Waals surface area contributed by atoms with Crippen molar-refractivity contribution in [3.63, 3.8) is 0 Å². The van der Waals surface area contributed by atoms with Crippen molar-refractivity contribution in [1.82, 2.24) is 0 Å². The summed E-state index contributed by atoms with van der Waals surface area (Å²) in [5.41, 5.74) is 12.3. The third kappa shape index (κ3) is 2.00. The summed E-state index contributed by atoms with van der Waals surface area (Å²) in [6, 6.07) is 15.0. The molecular formula is C16H18N2. The summed E-state index contributed by atoms with van der Waals surface area (Å²) < 4.78 is 0. The first-order valence-electron chi connectivity index (χ1n) is 6.54. The predicted molar refractivity (Wildman–Crippen MR) is 76.3 cm³/mol. The minimum Gasteiger partial charge on any atom is -0.355 e. The first-order chi connectivity index (χ1) is 8.88. The fourth-order valence-corrected chi connectivity index (χ4v) is 2.62. The van der Waals surface area contributed by atoms with Crippen LogP contribution >= 0.6 is 0 Å². The quantitative estimate of drug-likeness (QED) is 0.735. The van der Waals surface area contributed by atoms with Crippen LogP contribution in [0.2, 0.25) is 0 Å². The Balaban J connectivity index is 1.97. The van der Waals surface area contributed by atoms with Gasteiger partial charge < -0.3 is 11.1 Å². The molecule has 0 aliphatic carbocycles. The van der Waals surface area contributed by atoms with E-state index in [-0.39, 0.29) is 0 Å². The molecular weight excluding hydrogens is 220 g/mol. The van der Waals surface area contributed by atoms with Gasteiger partial charge in [-0.3, -0.25) is 0 Å². The van der Waals surface area contributed by atoms with E-state index >= 15 is 0 Å². The highest BCUT2D eigenvalue weighted by Crippen LogP contribution is 2.34. The summed E-state index contributed by atoms with van der Waals surface area (Å²) in [4.78, 5) is 0. The highest BCUT2D eigenvalue weighted by atomic mass is 14.9. The van der Waals surface area contributed by atoms with E-state index in [1.807, 2.05) is 0 Å². The molecule has 0 bridgehead atoms. The van der Waals surface area contributed by atoms with Crippen LogP contribution in [0.25, 0.3) is 0 Å². The van der Waals surface area contributed by atoms with Crippen molar-refractivity contribution in [2.75, 3.05) is 11.9 Å². The van der Waals surface area contributed by atoms with E-state index < -0.39 is 0 Å². The second-order valence-electron chi connectivity index (χ2n) is 4.79. The summed E-state index contributed by atoms with van der Waals surface area (Å²) in [6.07, 6.45) is 3.15. The van der Waals surface area contributed by atoms with E-state index in [2.05, 4.69) is 47.8 Å². The van der Waals surface area contributed by atoms with Gasteiger partial charge in [0.25, 0.3) is 0 Å². The molecule has 2 aromatic carbocycles. The van der Waals surface area contributed by atoms with Crippen molar-refractivity contribution < 1.29 is 0 Å². The molecule has 3 rings (SSSR count). The number of benzene rings is 2. The summed E-state index contributed by atoms with van der Waals surface area (Å²) in [5, 5.41) is 3.53. The standard InChI is InChI=1S/C16H18N2/c17-10-4-7-12-6-3-9-16-14(12)11-13-5-1-2-8-15(13)18-16/h1-3,5-6,8-9,18H,4,7,10-11,17H2. The zero-order valence-corrected chi connectivity index (χ0v) is 10.4. The molecule has 18 heavy (non-hydrogen) atoms. The molecule has 0 spiro atoms. The van der Waals surface area contributed by atoms with E-state index in [9.17, 15) is 0 Å². The SMILES string of the molecule is NCCCc1cccc2c1Cc1ccccc1N2. The molecule has 2 aromatic rings. The number of anilines is 2. The third-order valence-corrected chi connectivity index (χ3v) is 3.58. The molecule has 1 aliphatic rings. The lowest BCUT2D eigenvalue weighted by Crippen LogP contribution is -2.10. The highest BCUT2D eigenvalue weighted by molar-refractivity contribution is 5.72. The number of nitrogens with two attached hydrogens (primary N) is 1. The average Bonchev–Trinajstić information content (AvgIpc) is 2.43. The normalized spacial score (nSPS) is 12.5. The first-order valence-corrected chi connectivity index (χ1v) is 6.54. The van der Waals surface area contributed by atoms with Gasteiger partial charge in [-0.2, -0.15) is 0 Å². The maximum Gasteiger partial charge on any atom is 0.0423 e. The van der Waals surface area contributed by atoms with E-state index in [1.165, 1.54) is 28.1 Å². The Morgan fingerprint density at radius 1 is 1.00 bits per heavy atom. The van der Waals surface area contributed by atoms with Gasteiger partial charge in [0, 0.05) is 17.8 Å². The van der Waals surface area contributed by atoms with E-state index in [0.717, 1.165) is 25.8 Å². The van der Waals surface area contributed by atoms with Crippen molar-refractivity contribution in [2.45, 2.75) is 19.3 Å². The topological polar surface area (TPSA) is 38.0 Å². The smallest absolute Gasteiger partial charge is 0.0423 e. The van der Waals surface area contributed by atoms with Crippen molar-refractivity contribution in [3.8, 4) is 0 Å². The lowest BCUT2D eigenvalue weighted by molar-refractivity contribution is 0.824. The molecule has 3 N–H and O–H groups in total. The minimum absolute atomic E-state index is 0.758. The van der Waals surface area contributed by atoms with Gasteiger partial charge in [0.15, 0.2) is 0 Å². The summed E-state index contributed by atoms with van der Waals surface area (Å²) in [5.74, 6) is 0. The molecule has 0 atom stereocenters. The lowest BCUT2D eigenvalue weighted by Gasteiger charge is -2.23. The molecule has 1 aliphatic heterocycles. The second-order valence-corrected chi connectivity index (χ2v) is 4.79. The summed E-state index contributed by atoms with van der Waals surface area (Å²) >= 11 is 0.